The normalized spacial score (nSPS) is 24.2. The monoisotopic (exact) mass is 435 g/mol. The quantitative estimate of drug-likeness (QED) is 0.235. The Morgan fingerprint density at radius 2 is 1.26 bits per heavy atom. The summed E-state index contributed by atoms with van der Waals surface area (Å²) in [6.07, 6.45) is -0.287. The summed E-state index contributed by atoms with van der Waals surface area (Å²) in [6.45, 7) is 1.43. The second-order valence-electron chi connectivity index (χ2n) is 7.58. The average Bonchev–Trinajstić information content (AvgIpc) is 3.63. The zero-order chi connectivity index (χ0) is 21.6. The minimum atomic E-state index is -0.991. The van der Waals surface area contributed by atoms with E-state index >= 15 is 0 Å². The third-order valence-corrected chi connectivity index (χ3v) is 4.85. The van der Waals surface area contributed by atoms with E-state index in [1.807, 2.05) is 6.07 Å². The summed E-state index contributed by atoms with van der Waals surface area (Å²) in [4.78, 5) is 39.2. The standard InChI is InChI=1S/C21H25NO9/c23-18(29-11-15-8-26-15)6-22(7-19(24)30-12-16-9-27-16)20(14-4-2-1-3-5-14)21(25)31-13-17-10-28-17/h1-5,15-17,20H,6-13H2. The van der Waals surface area contributed by atoms with E-state index in [9.17, 15) is 14.4 Å². The molecular formula is C21H25NO9. The molecule has 10 heteroatoms. The number of esters is 3. The van der Waals surface area contributed by atoms with Crippen molar-refractivity contribution < 1.29 is 42.8 Å². The van der Waals surface area contributed by atoms with E-state index in [1.54, 1.807) is 24.3 Å². The molecule has 168 valence electrons. The maximum Gasteiger partial charge on any atom is 0.328 e. The summed E-state index contributed by atoms with van der Waals surface area (Å²) in [7, 11) is 0. The average molecular weight is 435 g/mol. The van der Waals surface area contributed by atoms with Crippen molar-refractivity contribution in [2.45, 2.75) is 24.4 Å². The van der Waals surface area contributed by atoms with Crippen molar-refractivity contribution >= 4 is 17.9 Å². The van der Waals surface area contributed by atoms with Crippen LogP contribution in [0.3, 0.4) is 0 Å². The highest BCUT2D eigenvalue weighted by Crippen LogP contribution is 2.24. The molecule has 0 aromatic heterocycles. The minimum Gasteiger partial charge on any atom is -0.462 e. The van der Waals surface area contributed by atoms with Crippen LogP contribution in [0, 0.1) is 0 Å². The van der Waals surface area contributed by atoms with Crippen LogP contribution in [0.5, 0.6) is 0 Å². The molecule has 0 aliphatic carbocycles. The molecule has 4 rings (SSSR count). The van der Waals surface area contributed by atoms with Gasteiger partial charge in [-0.25, -0.2) is 4.79 Å². The summed E-state index contributed by atoms with van der Waals surface area (Å²) in [5, 5.41) is 0. The summed E-state index contributed by atoms with van der Waals surface area (Å²) >= 11 is 0. The highest BCUT2D eigenvalue weighted by Gasteiger charge is 2.35. The van der Waals surface area contributed by atoms with Gasteiger partial charge in [0.05, 0.1) is 32.9 Å². The van der Waals surface area contributed by atoms with E-state index in [4.69, 9.17) is 28.4 Å². The maximum atomic E-state index is 13.0. The fraction of sp³-hybridized carbons (Fsp3) is 0.571. The topological polar surface area (TPSA) is 120 Å². The Balaban J connectivity index is 1.46. The molecule has 0 saturated carbocycles. The van der Waals surface area contributed by atoms with Crippen LogP contribution >= 0.6 is 0 Å². The molecule has 3 fully saturated rings. The Hall–Kier alpha value is -2.53. The zero-order valence-corrected chi connectivity index (χ0v) is 17.0. The molecular weight excluding hydrogens is 410 g/mol. The van der Waals surface area contributed by atoms with Gasteiger partial charge in [0, 0.05) is 0 Å². The number of rotatable bonds is 13. The predicted molar refractivity (Wildman–Crippen MR) is 103 cm³/mol. The van der Waals surface area contributed by atoms with Gasteiger partial charge in [0.15, 0.2) is 0 Å². The van der Waals surface area contributed by atoms with Crippen LogP contribution in [-0.2, 0) is 42.8 Å². The van der Waals surface area contributed by atoms with Crippen LogP contribution in [0.1, 0.15) is 11.6 Å². The third-order valence-electron chi connectivity index (χ3n) is 4.85. The molecule has 0 radical (unpaired) electrons. The first-order valence-corrected chi connectivity index (χ1v) is 10.2. The van der Waals surface area contributed by atoms with E-state index in [1.165, 1.54) is 4.90 Å². The number of hydrogen-bond donors (Lipinski definition) is 0. The second-order valence-corrected chi connectivity index (χ2v) is 7.58. The molecule has 0 spiro atoms. The minimum absolute atomic E-state index is 0.0886. The molecule has 1 aromatic rings. The SMILES string of the molecule is O=C(CN(CC(=O)OCC1CO1)C(C(=O)OCC1CO1)c1ccccc1)OCC1CO1. The van der Waals surface area contributed by atoms with Gasteiger partial charge in [0.1, 0.15) is 44.2 Å². The van der Waals surface area contributed by atoms with Crippen LogP contribution < -0.4 is 0 Å². The van der Waals surface area contributed by atoms with Crippen LogP contribution in [0.15, 0.2) is 30.3 Å². The van der Waals surface area contributed by atoms with Gasteiger partial charge in [-0.3, -0.25) is 14.5 Å². The zero-order valence-electron chi connectivity index (χ0n) is 17.0. The number of benzene rings is 1. The van der Waals surface area contributed by atoms with Crippen molar-refractivity contribution in [3.05, 3.63) is 35.9 Å². The molecule has 31 heavy (non-hydrogen) atoms. The highest BCUT2D eigenvalue weighted by molar-refractivity contribution is 5.81. The molecule has 0 bridgehead atoms. The van der Waals surface area contributed by atoms with Gasteiger partial charge >= 0.3 is 17.9 Å². The second kappa shape index (κ2) is 10.2. The van der Waals surface area contributed by atoms with Gasteiger partial charge in [0.2, 0.25) is 0 Å². The Labute approximate surface area is 179 Å². The first-order chi connectivity index (χ1) is 15.1. The van der Waals surface area contributed by atoms with Crippen LogP contribution in [0.2, 0.25) is 0 Å². The fourth-order valence-electron chi connectivity index (χ4n) is 2.91. The maximum absolute atomic E-state index is 13.0. The number of carbonyl (C=O) groups is 3. The molecule has 10 nitrogen and oxygen atoms in total. The van der Waals surface area contributed by atoms with E-state index in [0.29, 0.717) is 25.4 Å². The van der Waals surface area contributed by atoms with E-state index in [-0.39, 0.29) is 51.2 Å². The predicted octanol–water partition coefficient (Wildman–Crippen LogP) is -0.144. The number of epoxide rings is 3. The van der Waals surface area contributed by atoms with Gasteiger partial charge < -0.3 is 28.4 Å². The largest absolute Gasteiger partial charge is 0.462 e. The first kappa shape index (κ1) is 21.7. The van der Waals surface area contributed by atoms with Crippen molar-refractivity contribution in [3.63, 3.8) is 0 Å². The molecule has 3 aliphatic rings. The Morgan fingerprint density at radius 3 is 1.71 bits per heavy atom. The lowest BCUT2D eigenvalue weighted by atomic mass is 10.1. The Morgan fingerprint density at radius 1 is 0.806 bits per heavy atom. The summed E-state index contributed by atoms with van der Waals surface area (Å²) in [6, 6.07) is 7.82. The Kier molecular flexibility index (Phi) is 7.13. The van der Waals surface area contributed by atoms with Gasteiger partial charge in [0.25, 0.3) is 0 Å². The van der Waals surface area contributed by atoms with Crippen LogP contribution in [0.4, 0.5) is 0 Å². The summed E-state index contributed by atoms with van der Waals surface area (Å²) in [5.74, 6) is -1.74. The molecule has 4 atom stereocenters. The number of carbonyl (C=O) groups excluding carboxylic acids is 3. The van der Waals surface area contributed by atoms with Crippen molar-refractivity contribution in [1.82, 2.24) is 4.90 Å². The number of nitrogens with zero attached hydrogens (tertiary/aromatic N) is 1. The van der Waals surface area contributed by atoms with E-state index in [2.05, 4.69) is 0 Å². The molecule has 3 aliphatic heterocycles. The molecule has 0 N–H and O–H groups in total. The summed E-state index contributed by atoms with van der Waals surface area (Å²) < 4.78 is 31.0. The van der Waals surface area contributed by atoms with E-state index < -0.39 is 23.9 Å². The number of hydrogen-bond acceptors (Lipinski definition) is 10. The number of ether oxygens (including phenoxy) is 6. The fourth-order valence-corrected chi connectivity index (χ4v) is 2.91. The van der Waals surface area contributed by atoms with Gasteiger partial charge in [-0.1, -0.05) is 30.3 Å². The van der Waals surface area contributed by atoms with Gasteiger partial charge in [-0.2, -0.15) is 0 Å². The molecule has 0 amide bonds. The van der Waals surface area contributed by atoms with Crippen molar-refractivity contribution in [3.8, 4) is 0 Å². The lowest BCUT2D eigenvalue weighted by Gasteiger charge is -2.28. The summed E-state index contributed by atoms with van der Waals surface area (Å²) in [5.41, 5.74) is 0.584. The van der Waals surface area contributed by atoms with Crippen LogP contribution in [0.25, 0.3) is 0 Å². The van der Waals surface area contributed by atoms with Crippen molar-refractivity contribution in [2.75, 3.05) is 52.7 Å². The van der Waals surface area contributed by atoms with Crippen molar-refractivity contribution in [2.24, 2.45) is 0 Å². The third kappa shape index (κ3) is 7.28. The smallest absolute Gasteiger partial charge is 0.328 e. The lowest BCUT2D eigenvalue weighted by Crippen LogP contribution is -2.43. The molecule has 4 unspecified atom stereocenters. The van der Waals surface area contributed by atoms with Gasteiger partial charge in [-0.15, -0.1) is 0 Å². The van der Waals surface area contributed by atoms with Crippen LogP contribution in [-0.4, -0.2) is 93.9 Å². The van der Waals surface area contributed by atoms with Gasteiger partial charge in [-0.05, 0) is 5.56 Å². The highest BCUT2D eigenvalue weighted by atomic mass is 16.6. The van der Waals surface area contributed by atoms with Crippen molar-refractivity contribution in [1.29, 1.82) is 0 Å². The first-order valence-electron chi connectivity index (χ1n) is 10.2. The Bertz CT molecular complexity index is 744. The molecule has 3 heterocycles. The molecule has 1 aromatic carbocycles. The lowest BCUT2D eigenvalue weighted by molar-refractivity contribution is -0.157. The molecule has 3 saturated heterocycles. The van der Waals surface area contributed by atoms with E-state index in [0.717, 1.165) is 0 Å².